The minimum absolute atomic E-state index is 0.00714. The summed E-state index contributed by atoms with van der Waals surface area (Å²) in [6.45, 7) is 2.21. The van der Waals surface area contributed by atoms with Crippen LogP contribution >= 0.6 is 0 Å². The molecule has 1 unspecified atom stereocenters. The van der Waals surface area contributed by atoms with Gasteiger partial charge in [0.05, 0.1) is 23.6 Å². The van der Waals surface area contributed by atoms with Crippen LogP contribution in [0, 0.1) is 17.7 Å². The monoisotopic (exact) mass is 549 g/mol. The average molecular weight is 550 g/mol. The van der Waals surface area contributed by atoms with Crippen LogP contribution in [0.4, 0.5) is 4.39 Å². The van der Waals surface area contributed by atoms with Crippen LogP contribution in [0.5, 0.6) is 0 Å². The topological polar surface area (TPSA) is 82.5 Å². The van der Waals surface area contributed by atoms with E-state index in [2.05, 4.69) is 5.32 Å². The number of ether oxygens (including phenoxy) is 2. The van der Waals surface area contributed by atoms with E-state index in [1.54, 1.807) is 13.2 Å². The van der Waals surface area contributed by atoms with Crippen LogP contribution in [0.15, 0.2) is 48.5 Å². The SMILES string of the molecule is CCOC(=O)[C@H]1CC[C@H](NC(=O)C(C2CCCCC2)n2c([C@H](OC)c3ccccc3)nc3cc(F)ccc32)CC1. The van der Waals surface area contributed by atoms with Crippen molar-refractivity contribution in [2.24, 2.45) is 11.8 Å². The van der Waals surface area contributed by atoms with E-state index in [1.807, 2.05) is 41.8 Å². The molecule has 1 aromatic heterocycles. The second-order valence-corrected chi connectivity index (χ2v) is 11.2. The predicted octanol–water partition coefficient (Wildman–Crippen LogP) is 6.27. The van der Waals surface area contributed by atoms with Crippen molar-refractivity contribution in [3.05, 3.63) is 65.7 Å². The molecule has 8 heteroatoms. The van der Waals surface area contributed by atoms with Crippen molar-refractivity contribution >= 4 is 22.9 Å². The fourth-order valence-corrected chi connectivity index (χ4v) is 6.60. The van der Waals surface area contributed by atoms with Gasteiger partial charge in [-0.25, -0.2) is 9.37 Å². The number of halogens is 1. The summed E-state index contributed by atoms with van der Waals surface area (Å²) in [4.78, 5) is 31.4. The van der Waals surface area contributed by atoms with Crippen molar-refractivity contribution < 1.29 is 23.5 Å². The zero-order valence-corrected chi connectivity index (χ0v) is 23.5. The first-order valence-electron chi connectivity index (χ1n) is 14.7. The van der Waals surface area contributed by atoms with E-state index < -0.39 is 12.1 Å². The van der Waals surface area contributed by atoms with Gasteiger partial charge in [-0.05, 0) is 69.1 Å². The van der Waals surface area contributed by atoms with E-state index in [9.17, 15) is 14.0 Å². The number of nitrogens with one attached hydrogen (secondary N) is 1. The van der Waals surface area contributed by atoms with E-state index in [0.29, 0.717) is 30.8 Å². The number of rotatable bonds is 9. The number of carbonyl (C=O) groups excluding carboxylic acids is 2. The first-order valence-corrected chi connectivity index (χ1v) is 14.7. The lowest BCUT2D eigenvalue weighted by Crippen LogP contribution is -2.45. The molecular weight excluding hydrogens is 509 g/mol. The number of fused-ring (bicyclic) bond motifs is 1. The Kier molecular flexibility index (Phi) is 9.15. The molecule has 40 heavy (non-hydrogen) atoms. The molecule has 1 N–H and O–H groups in total. The molecule has 1 heterocycles. The van der Waals surface area contributed by atoms with E-state index in [0.717, 1.165) is 56.0 Å². The van der Waals surface area contributed by atoms with Crippen molar-refractivity contribution in [1.82, 2.24) is 14.9 Å². The molecule has 0 saturated heterocycles. The Morgan fingerprint density at radius 3 is 2.42 bits per heavy atom. The van der Waals surface area contributed by atoms with Gasteiger partial charge >= 0.3 is 5.97 Å². The van der Waals surface area contributed by atoms with Gasteiger partial charge in [-0.1, -0.05) is 49.6 Å². The molecule has 2 aliphatic carbocycles. The number of nitrogens with zero attached hydrogens (tertiary/aromatic N) is 2. The molecule has 5 rings (SSSR count). The van der Waals surface area contributed by atoms with E-state index in [1.165, 1.54) is 12.1 Å². The molecule has 0 spiro atoms. The summed E-state index contributed by atoms with van der Waals surface area (Å²) >= 11 is 0. The highest BCUT2D eigenvalue weighted by Gasteiger charge is 2.37. The molecule has 0 bridgehead atoms. The summed E-state index contributed by atoms with van der Waals surface area (Å²) in [5.74, 6) is 0.0779. The normalized spacial score (nSPS) is 21.6. The maximum Gasteiger partial charge on any atom is 0.308 e. The molecule has 0 radical (unpaired) electrons. The van der Waals surface area contributed by atoms with Gasteiger partial charge < -0.3 is 19.4 Å². The Morgan fingerprint density at radius 1 is 1.02 bits per heavy atom. The molecule has 1 amide bonds. The highest BCUT2D eigenvalue weighted by atomic mass is 19.1. The summed E-state index contributed by atoms with van der Waals surface area (Å²) < 4.78 is 27.6. The Morgan fingerprint density at radius 2 is 1.75 bits per heavy atom. The Balaban J connectivity index is 1.51. The largest absolute Gasteiger partial charge is 0.466 e. The Hall–Kier alpha value is -3.26. The molecule has 214 valence electrons. The van der Waals surface area contributed by atoms with Gasteiger partial charge in [-0.15, -0.1) is 0 Å². The number of methoxy groups -OCH3 is 1. The standard InChI is InChI=1S/C32H40FN3O4/c1-3-40-32(38)23-14-17-25(18-15-23)34-31(37)28(21-10-6-4-7-11-21)36-27-19-16-24(33)20-26(27)35-30(36)29(39-2)22-12-8-5-9-13-22/h5,8-9,12-13,16,19-21,23,25,28-29H,3-4,6-7,10-11,14-15,17-18H2,1-2H3,(H,34,37)/t23-,25-,28?,29-/m1/s1. The van der Waals surface area contributed by atoms with Gasteiger partial charge in [0.15, 0.2) is 0 Å². The van der Waals surface area contributed by atoms with E-state index >= 15 is 0 Å². The predicted molar refractivity (Wildman–Crippen MR) is 151 cm³/mol. The number of carbonyl (C=O) groups is 2. The van der Waals surface area contributed by atoms with Gasteiger partial charge in [0.1, 0.15) is 23.8 Å². The number of amides is 1. The molecular formula is C32H40FN3O4. The van der Waals surface area contributed by atoms with Crippen LogP contribution in [0.2, 0.25) is 0 Å². The quantitative estimate of drug-likeness (QED) is 0.318. The number of hydrogen-bond donors (Lipinski definition) is 1. The van der Waals surface area contributed by atoms with E-state index in [4.69, 9.17) is 14.5 Å². The zero-order chi connectivity index (χ0) is 28.1. The van der Waals surface area contributed by atoms with Crippen LogP contribution in [0.1, 0.15) is 88.2 Å². The van der Waals surface area contributed by atoms with Crippen LogP contribution in [0.3, 0.4) is 0 Å². The fourth-order valence-electron chi connectivity index (χ4n) is 6.60. The Labute approximate surface area is 235 Å². The number of esters is 1. The first-order chi connectivity index (χ1) is 19.5. The fraction of sp³-hybridized carbons (Fsp3) is 0.531. The van der Waals surface area contributed by atoms with Crippen LogP contribution in [-0.2, 0) is 19.1 Å². The molecule has 2 atom stereocenters. The molecule has 2 saturated carbocycles. The van der Waals surface area contributed by atoms with Crippen LogP contribution in [0.25, 0.3) is 11.0 Å². The number of hydrogen-bond acceptors (Lipinski definition) is 5. The average Bonchev–Trinajstić information content (AvgIpc) is 3.32. The van der Waals surface area contributed by atoms with Crippen molar-refractivity contribution in [3.8, 4) is 0 Å². The minimum Gasteiger partial charge on any atom is -0.466 e. The van der Waals surface area contributed by atoms with Gasteiger partial charge in [0.2, 0.25) is 5.91 Å². The Bertz CT molecular complexity index is 1300. The molecule has 2 aliphatic rings. The molecule has 7 nitrogen and oxygen atoms in total. The summed E-state index contributed by atoms with van der Waals surface area (Å²) in [5.41, 5.74) is 2.16. The summed E-state index contributed by atoms with van der Waals surface area (Å²) in [6.07, 6.45) is 7.55. The highest BCUT2D eigenvalue weighted by Crippen LogP contribution is 2.39. The third kappa shape index (κ3) is 6.07. The molecule has 2 fully saturated rings. The lowest BCUT2D eigenvalue weighted by molar-refractivity contribution is -0.149. The maximum atomic E-state index is 14.4. The number of aromatic nitrogens is 2. The smallest absolute Gasteiger partial charge is 0.308 e. The molecule has 2 aromatic carbocycles. The summed E-state index contributed by atoms with van der Waals surface area (Å²) in [7, 11) is 1.64. The summed E-state index contributed by atoms with van der Waals surface area (Å²) in [5, 5.41) is 3.34. The lowest BCUT2D eigenvalue weighted by atomic mass is 9.82. The van der Waals surface area contributed by atoms with Crippen molar-refractivity contribution in [2.45, 2.75) is 82.9 Å². The second-order valence-electron chi connectivity index (χ2n) is 11.2. The summed E-state index contributed by atoms with van der Waals surface area (Å²) in [6, 6.07) is 13.9. The van der Waals surface area contributed by atoms with E-state index in [-0.39, 0.29) is 35.6 Å². The first kappa shape index (κ1) is 28.3. The third-order valence-corrected chi connectivity index (χ3v) is 8.59. The molecule has 0 aliphatic heterocycles. The number of benzene rings is 2. The molecule has 3 aromatic rings. The van der Waals surface area contributed by atoms with Crippen LogP contribution < -0.4 is 5.32 Å². The highest BCUT2D eigenvalue weighted by molar-refractivity contribution is 5.85. The van der Waals surface area contributed by atoms with Crippen molar-refractivity contribution in [1.29, 1.82) is 0 Å². The lowest BCUT2D eigenvalue weighted by Gasteiger charge is -2.35. The second kappa shape index (κ2) is 12.9. The maximum absolute atomic E-state index is 14.4. The van der Waals surface area contributed by atoms with Gasteiger partial charge in [-0.2, -0.15) is 0 Å². The third-order valence-electron chi connectivity index (χ3n) is 8.59. The number of imidazole rings is 1. The zero-order valence-electron chi connectivity index (χ0n) is 23.5. The van der Waals surface area contributed by atoms with Gasteiger partial charge in [0, 0.05) is 19.2 Å². The minimum atomic E-state index is -0.518. The van der Waals surface area contributed by atoms with Crippen LogP contribution in [-0.4, -0.2) is 41.2 Å². The van der Waals surface area contributed by atoms with Crippen molar-refractivity contribution in [2.75, 3.05) is 13.7 Å². The van der Waals surface area contributed by atoms with Crippen molar-refractivity contribution in [3.63, 3.8) is 0 Å². The van der Waals surface area contributed by atoms with Gasteiger partial charge in [-0.3, -0.25) is 9.59 Å². The van der Waals surface area contributed by atoms with Gasteiger partial charge in [0.25, 0.3) is 0 Å².